The Labute approximate surface area is 198 Å². The van der Waals surface area contributed by atoms with Crippen LogP contribution >= 0.6 is 11.6 Å². The van der Waals surface area contributed by atoms with Gasteiger partial charge in [0.2, 0.25) is 5.78 Å². The van der Waals surface area contributed by atoms with Gasteiger partial charge in [-0.2, -0.15) is 0 Å². The number of benzene rings is 2. The van der Waals surface area contributed by atoms with Gasteiger partial charge in [0, 0.05) is 23.6 Å². The standard InChI is InChI=1S/C25H27ClN2O5/c1-32-20-9-5-18(6-10-20)23(29)21-22(17-3-7-19(26)8-4-17)28(25(31)24(21)30)12-2-11-27-13-15-33-16-14-27/h3-10,21-22H,2,11-16H2,1H3/p+1. The van der Waals surface area contributed by atoms with Gasteiger partial charge in [-0.1, -0.05) is 23.7 Å². The van der Waals surface area contributed by atoms with Crippen LogP contribution in [-0.2, 0) is 14.3 Å². The number of methoxy groups -OCH3 is 1. The Morgan fingerprint density at radius 2 is 1.76 bits per heavy atom. The number of ketones is 2. The average Bonchev–Trinajstić information content (AvgIpc) is 3.10. The van der Waals surface area contributed by atoms with Crippen LogP contribution in [0, 0.1) is 5.92 Å². The number of quaternary nitrogens is 1. The summed E-state index contributed by atoms with van der Waals surface area (Å²) >= 11 is 6.07. The SMILES string of the molecule is COc1ccc(C(=O)C2C(=O)C(=O)N(CCC[NH+]3CCOCC3)C2c2ccc(Cl)cc2)cc1. The maximum absolute atomic E-state index is 13.4. The Bertz CT molecular complexity index is 1000. The first-order valence-corrected chi connectivity index (χ1v) is 11.6. The van der Waals surface area contributed by atoms with Crippen LogP contribution < -0.4 is 9.64 Å². The molecule has 8 heteroatoms. The molecule has 0 aliphatic carbocycles. The van der Waals surface area contributed by atoms with E-state index in [1.54, 1.807) is 60.5 Å². The molecule has 2 aliphatic heterocycles. The molecule has 33 heavy (non-hydrogen) atoms. The van der Waals surface area contributed by atoms with Gasteiger partial charge < -0.3 is 19.3 Å². The molecule has 7 nitrogen and oxygen atoms in total. The minimum Gasteiger partial charge on any atom is -0.497 e. The average molecular weight is 472 g/mol. The van der Waals surface area contributed by atoms with E-state index >= 15 is 0 Å². The predicted molar refractivity (Wildman–Crippen MR) is 123 cm³/mol. The second-order valence-corrected chi connectivity index (χ2v) is 8.83. The lowest BCUT2D eigenvalue weighted by molar-refractivity contribution is -0.908. The Balaban J connectivity index is 1.59. The van der Waals surface area contributed by atoms with E-state index in [2.05, 4.69) is 0 Å². The zero-order chi connectivity index (χ0) is 23.4. The highest BCUT2D eigenvalue weighted by Crippen LogP contribution is 2.38. The van der Waals surface area contributed by atoms with Crippen LogP contribution in [0.4, 0.5) is 0 Å². The second-order valence-electron chi connectivity index (χ2n) is 8.40. The van der Waals surface area contributed by atoms with Crippen LogP contribution in [-0.4, -0.2) is 68.9 Å². The van der Waals surface area contributed by atoms with E-state index in [-0.39, 0.29) is 5.78 Å². The molecule has 2 aromatic carbocycles. The van der Waals surface area contributed by atoms with Gasteiger partial charge in [0.25, 0.3) is 5.91 Å². The third kappa shape index (κ3) is 5.11. The summed E-state index contributed by atoms with van der Waals surface area (Å²) in [6.07, 6.45) is 0.738. The molecule has 2 saturated heterocycles. The van der Waals surface area contributed by atoms with Crippen LogP contribution in [0.2, 0.25) is 5.02 Å². The fraction of sp³-hybridized carbons (Fsp3) is 0.400. The molecule has 0 saturated carbocycles. The highest BCUT2D eigenvalue weighted by molar-refractivity contribution is 6.44. The van der Waals surface area contributed by atoms with Crippen LogP contribution in [0.25, 0.3) is 0 Å². The zero-order valence-corrected chi connectivity index (χ0v) is 19.3. The number of ether oxygens (including phenoxy) is 2. The summed E-state index contributed by atoms with van der Waals surface area (Å²) in [5.41, 5.74) is 1.10. The molecule has 1 amide bonds. The van der Waals surface area contributed by atoms with E-state index < -0.39 is 23.7 Å². The maximum atomic E-state index is 13.4. The van der Waals surface area contributed by atoms with Gasteiger partial charge in [-0.25, -0.2) is 0 Å². The van der Waals surface area contributed by atoms with Crippen LogP contribution in [0.3, 0.4) is 0 Å². The molecular weight excluding hydrogens is 444 g/mol. The number of morpholine rings is 1. The molecule has 0 bridgehead atoms. The van der Waals surface area contributed by atoms with Crippen molar-refractivity contribution in [2.45, 2.75) is 12.5 Å². The van der Waals surface area contributed by atoms with Crippen molar-refractivity contribution in [2.24, 2.45) is 5.92 Å². The number of halogens is 1. The monoisotopic (exact) mass is 471 g/mol. The number of nitrogens with zero attached hydrogens (tertiary/aromatic N) is 1. The van der Waals surface area contributed by atoms with E-state index in [9.17, 15) is 14.4 Å². The first-order chi connectivity index (χ1) is 16.0. The number of likely N-dealkylation sites (tertiary alicyclic amines) is 1. The lowest BCUT2D eigenvalue weighted by atomic mass is 9.86. The third-order valence-electron chi connectivity index (χ3n) is 6.40. The van der Waals surface area contributed by atoms with Crippen molar-refractivity contribution in [3.05, 3.63) is 64.7 Å². The Hall–Kier alpha value is -2.74. The lowest BCUT2D eigenvalue weighted by Crippen LogP contribution is -3.14. The number of carbonyl (C=O) groups excluding carboxylic acids is 3. The Morgan fingerprint density at radius 3 is 2.39 bits per heavy atom. The van der Waals surface area contributed by atoms with Gasteiger partial charge >= 0.3 is 0 Å². The normalized spacial score (nSPS) is 21.5. The number of hydrogen-bond donors (Lipinski definition) is 1. The molecule has 2 aromatic rings. The molecule has 2 atom stereocenters. The third-order valence-corrected chi connectivity index (χ3v) is 6.66. The minimum absolute atomic E-state index is 0.364. The molecule has 2 fully saturated rings. The number of hydrogen-bond acceptors (Lipinski definition) is 5. The first kappa shape index (κ1) is 23.4. The summed E-state index contributed by atoms with van der Waals surface area (Å²) in [5.74, 6) is -2.10. The van der Waals surface area contributed by atoms with E-state index in [1.165, 1.54) is 4.90 Å². The van der Waals surface area contributed by atoms with Crippen LogP contribution in [0.1, 0.15) is 28.4 Å². The largest absolute Gasteiger partial charge is 0.497 e. The van der Waals surface area contributed by atoms with Crippen LogP contribution in [0.5, 0.6) is 5.75 Å². The molecule has 0 spiro atoms. The predicted octanol–water partition coefficient (Wildman–Crippen LogP) is 1.61. The molecule has 2 aliphatic rings. The van der Waals surface area contributed by atoms with E-state index in [0.717, 1.165) is 44.8 Å². The maximum Gasteiger partial charge on any atom is 0.291 e. The number of amides is 1. The Morgan fingerprint density at radius 1 is 1.09 bits per heavy atom. The van der Waals surface area contributed by atoms with Crippen molar-refractivity contribution in [3.63, 3.8) is 0 Å². The van der Waals surface area contributed by atoms with Crippen molar-refractivity contribution < 1.29 is 28.8 Å². The highest BCUT2D eigenvalue weighted by Gasteiger charge is 2.51. The molecule has 0 radical (unpaired) electrons. The van der Waals surface area contributed by atoms with Gasteiger partial charge in [0.05, 0.1) is 32.9 Å². The van der Waals surface area contributed by atoms with Crippen LogP contribution in [0.15, 0.2) is 48.5 Å². The van der Waals surface area contributed by atoms with Crippen molar-refractivity contribution in [1.29, 1.82) is 0 Å². The van der Waals surface area contributed by atoms with Crippen molar-refractivity contribution in [2.75, 3.05) is 46.5 Å². The van der Waals surface area contributed by atoms with Gasteiger partial charge in [-0.15, -0.1) is 0 Å². The minimum atomic E-state index is -1.09. The number of carbonyl (C=O) groups is 3. The van der Waals surface area contributed by atoms with Gasteiger partial charge in [0.15, 0.2) is 5.78 Å². The van der Waals surface area contributed by atoms with E-state index in [0.29, 0.717) is 22.9 Å². The second kappa shape index (κ2) is 10.5. The summed E-state index contributed by atoms with van der Waals surface area (Å²) in [5, 5.41) is 0.551. The molecule has 0 aromatic heterocycles. The van der Waals surface area contributed by atoms with E-state index in [1.807, 2.05) is 0 Å². The van der Waals surface area contributed by atoms with Gasteiger partial charge in [-0.3, -0.25) is 14.4 Å². The van der Waals surface area contributed by atoms with Crippen molar-refractivity contribution in [1.82, 2.24) is 4.90 Å². The van der Waals surface area contributed by atoms with Gasteiger partial charge in [0.1, 0.15) is 24.8 Å². The summed E-state index contributed by atoms with van der Waals surface area (Å²) in [7, 11) is 1.54. The first-order valence-electron chi connectivity index (χ1n) is 11.2. The molecule has 2 heterocycles. The molecule has 4 rings (SSSR count). The Kier molecular flexibility index (Phi) is 7.42. The summed E-state index contributed by atoms with van der Waals surface area (Å²) in [4.78, 5) is 42.5. The van der Waals surface area contributed by atoms with E-state index in [4.69, 9.17) is 21.1 Å². The highest BCUT2D eigenvalue weighted by atomic mass is 35.5. The molecular formula is C25H28ClN2O5+. The molecule has 2 unspecified atom stereocenters. The zero-order valence-electron chi connectivity index (χ0n) is 18.6. The molecule has 174 valence electrons. The molecule has 1 N–H and O–H groups in total. The summed E-state index contributed by atoms with van der Waals surface area (Å²) in [6, 6.07) is 13.0. The topological polar surface area (TPSA) is 77.4 Å². The number of Topliss-reactive ketones (excluding diaryl/α,β-unsaturated/α-hetero) is 2. The van der Waals surface area contributed by atoms with Crippen molar-refractivity contribution in [3.8, 4) is 5.75 Å². The smallest absolute Gasteiger partial charge is 0.291 e. The van der Waals surface area contributed by atoms with Crippen molar-refractivity contribution >= 4 is 29.1 Å². The summed E-state index contributed by atoms with van der Waals surface area (Å²) in [6.45, 7) is 4.64. The fourth-order valence-electron chi connectivity index (χ4n) is 4.60. The number of rotatable bonds is 8. The van der Waals surface area contributed by atoms with Gasteiger partial charge in [-0.05, 0) is 42.0 Å². The summed E-state index contributed by atoms with van der Waals surface area (Å²) < 4.78 is 10.6. The lowest BCUT2D eigenvalue weighted by Gasteiger charge is -2.29. The fourth-order valence-corrected chi connectivity index (χ4v) is 4.73. The number of nitrogens with one attached hydrogen (secondary N) is 1. The quantitative estimate of drug-likeness (QED) is 0.359.